The van der Waals surface area contributed by atoms with Crippen molar-refractivity contribution in [3.8, 4) is 0 Å². The van der Waals surface area contributed by atoms with Crippen molar-refractivity contribution in [3.63, 3.8) is 0 Å². The summed E-state index contributed by atoms with van der Waals surface area (Å²) in [6.07, 6.45) is 2.50. The van der Waals surface area contributed by atoms with Gasteiger partial charge in [-0.25, -0.2) is 4.68 Å². The summed E-state index contributed by atoms with van der Waals surface area (Å²) in [6.45, 7) is 6.10. The molecule has 0 radical (unpaired) electrons. The van der Waals surface area contributed by atoms with E-state index in [-0.39, 0.29) is 18.5 Å². The molecule has 0 aliphatic heterocycles. The van der Waals surface area contributed by atoms with E-state index in [1.54, 1.807) is 6.20 Å². The van der Waals surface area contributed by atoms with Gasteiger partial charge in [0.2, 0.25) is 5.91 Å². The van der Waals surface area contributed by atoms with Gasteiger partial charge in [0.15, 0.2) is 0 Å². The Morgan fingerprint density at radius 1 is 1.43 bits per heavy atom. The Labute approximate surface area is 124 Å². The van der Waals surface area contributed by atoms with Gasteiger partial charge in [0, 0.05) is 5.69 Å². The fraction of sp³-hybridized carbons (Fsp3) is 0.400. The van der Waals surface area contributed by atoms with Crippen LogP contribution in [0.5, 0.6) is 0 Å². The Balaban J connectivity index is 2.02. The summed E-state index contributed by atoms with van der Waals surface area (Å²) in [4.78, 5) is 12.1. The van der Waals surface area contributed by atoms with Crippen LogP contribution in [0.1, 0.15) is 36.2 Å². The van der Waals surface area contributed by atoms with Crippen LogP contribution in [-0.4, -0.2) is 20.9 Å². The second-order valence-electron chi connectivity index (χ2n) is 5.15. The third-order valence-electron chi connectivity index (χ3n) is 3.56. The van der Waals surface area contributed by atoms with Crippen molar-refractivity contribution in [2.75, 3.05) is 5.32 Å². The van der Waals surface area contributed by atoms with Gasteiger partial charge in [0.25, 0.3) is 0 Å². The van der Waals surface area contributed by atoms with E-state index in [9.17, 15) is 4.79 Å². The van der Waals surface area contributed by atoms with E-state index in [0.29, 0.717) is 5.69 Å². The van der Waals surface area contributed by atoms with Gasteiger partial charge >= 0.3 is 0 Å². The molecule has 2 aromatic rings. The molecule has 1 heterocycles. The SMILES string of the molecule is CCC(N)c1cn(CC(=O)Nc2cccc(C)c2C)nn1. The van der Waals surface area contributed by atoms with Crippen molar-refractivity contribution in [2.45, 2.75) is 39.8 Å². The van der Waals surface area contributed by atoms with Gasteiger partial charge in [-0.3, -0.25) is 4.79 Å². The summed E-state index contributed by atoms with van der Waals surface area (Å²) in [5.74, 6) is -0.134. The van der Waals surface area contributed by atoms with E-state index in [1.165, 1.54) is 4.68 Å². The molecule has 0 aliphatic rings. The molecule has 6 nitrogen and oxygen atoms in total. The Morgan fingerprint density at radius 3 is 2.90 bits per heavy atom. The number of benzene rings is 1. The number of rotatable bonds is 5. The fourth-order valence-corrected chi connectivity index (χ4v) is 1.99. The summed E-state index contributed by atoms with van der Waals surface area (Å²) < 4.78 is 1.51. The minimum Gasteiger partial charge on any atom is -0.324 e. The smallest absolute Gasteiger partial charge is 0.246 e. The van der Waals surface area contributed by atoms with Crippen LogP contribution >= 0.6 is 0 Å². The molecule has 0 aliphatic carbocycles. The molecule has 21 heavy (non-hydrogen) atoms. The zero-order chi connectivity index (χ0) is 15.4. The molecule has 0 spiro atoms. The van der Waals surface area contributed by atoms with E-state index < -0.39 is 0 Å². The minimum absolute atomic E-state index is 0.122. The van der Waals surface area contributed by atoms with Gasteiger partial charge in [-0.1, -0.05) is 24.3 Å². The monoisotopic (exact) mass is 287 g/mol. The predicted octanol–water partition coefficient (Wildman–Crippen LogP) is 1.94. The van der Waals surface area contributed by atoms with Crippen LogP contribution in [0, 0.1) is 13.8 Å². The number of carbonyl (C=O) groups excluding carboxylic acids is 1. The number of nitrogens with two attached hydrogens (primary N) is 1. The standard InChI is InChI=1S/C15H21N5O/c1-4-12(16)14-8-20(19-18-14)9-15(21)17-13-7-5-6-10(2)11(13)3/h5-8,12H,4,9,16H2,1-3H3,(H,17,21). The fourth-order valence-electron chi connectivity index (χ4n) is 1.99. The molecule has 3 N–H and O–H groups in total. The summed E-state index contributed by atoms with van der Waals surface area (Å²) in [5.41, 5.74) is 9.62. The average molecular weight is 287 g/mol. The molecule has 0 saturated carbocycles. The summed E-state index contributed by atoms with van der Waals surface area (Å²) in [6, 6.07) is 5.69. The molecule has 0 fully saturated rings. The highest BCUT2D eigenvalue weighted by Gasteiger charge is 2.11. The van der Waals surface area contributed by atoms with Crippen LogP contribution in [0.3, 0.4) is 0 Å². The number of nitrogens with zero attached hydrogens (tertiary/aromatic N) is 3. The van der Waals surface area contributed by atoms with Crippen molar-refractivity contribution in [2.24, 2.45) is 5.73 Å². The molecule has 1 amide bonds. The second-order valence-corrected chi connectivity index (χ2v) is 5.15. The number of hydrogen-bond acceptors (Lipinski definition) is 4. The van der Waals surface area contributed by atoms with Gasteiger partial charge in [-0.15, -0.1) is 5.10 Å². The first kappa shape index (κ1) is 15.2. The van der Waals surface area contributed by atoms with Crippen LogP contribution in [0.25, 0.3) is 0 Å². The number of aryl methyl sites for hydroxylation is 1. The van der Waals surface area contributed by atoms with Gasteiger partial charge < -0.3 is 11.1 Å². The van der Waals surface area contributed by atoms with Crippen molar-refractivity contribution >= 4 is 11.6 Å². The number of amides is 1. The largest absolute Gasteiger partial charge is 0.324 e. The average Bonchev–Trinajstić information content (AvgIpc) is 2.91. The minimum atomic E-state index is -0.138. The molecule has 2 rings (SSSR count). The van der Waals surface area contributed by atoms with Gasteiger partial charge in [-0.2, -0.15) is 0 Å². The van der Waals surface area contributed by atoms with E-state index in [4.69, 9.17) is 5.73 Å². The van der Waals surface area contributed by atoms with Crippen LogP contribution in [-0.2, 0) is 11.3 Å². The maximum absolute atomic E-state index is 12.1. The molecular weight excluding hydrogens is 266 g/mol. The molecular formula is C15H21N5O. The third-order valence-corrected chi connectivity index (χ3v) is 3.56. The van der Waals surface area contributed by atoms with E-state index in [1.807, 2.05) is 39.0 Å². The van der Waals surface area contributed by atoms with E-state index in [2.05, 4.69) is 15.6 Å². The Hall–Kier alpha value is -2.21. The molecule has 112 valence electrons. The zero-order valence-corrected chi connectivity index (χ0v) is 12.6. The summed E-state index contributed by atoms with van der Waals surface area (Å²) in [5, 5.41) is 10.8. The lowest BCUT2D eigenvalue weighted by molar-refractivity contribution is -0.116. The lowest BCUT2D eigenvalue weighted by Crippen LogP contribution is -2.19. The Bertz CT molecular complexity index is 635. The van der Waals surface area contributed by atoms with Crippen LogP contribution in [0.15, 0.2) is 24.4 Å². The Kier molecular flexibility index (Phi) is 4.70. The van der Waals surface area contributed by atoms with Crippen molar-refractivity contribution in [1.29, 1.82) is 0 Å². The first-order valence-electron chi connectivity index (χ1n) is 7.03. The third kappa shape index (κ3) is 3.66. The lowest BCUT2D eigenvalue weighted by Gasteiger charge is -2.10. The molecule has 1 aromatic heterocycles. The first-order chi connectivity index (χ1) is 10.0. The molecule has 0 bridgehead atoms. The van der Waals surface area contributed by atoms with Crippen molar-refractivity contribution in [3.05, 3.63) is 41.2 Å². The Morgan fingerprint density at radius 2 is 2.19 bits per heavy atom. The number of aromatic nitrogens is 3. The molecule has 0 saturated heterocycles. The molecule has 1 atom stereocenters. The summed E-state index contributed by atoms with van der Waals surface area (Å²) in [7, 11) is 0. The quantitative estimate of drug-likeness (QED) is 0.880. The molecule has 1 aromatic carbocycles. The highest BCUT2D eigenvalue weighted by atomic mass is 16.2. The van der Waals surface area contributed by atoms with E-state index >= 15 is 0 Å². The normalized spacial score (nSPS) is 12.2. The van der Waals surface area contributed by atoms with Gasteiger partial charge in [0.05, 0.1) is 17.9 Å². The highest BCUT2D eigenvalue weighted by Crippen LogP contribution is 2.18. The maximum atomic E-state index is 12.1. The van der Waals surface area contributed by atoms with Crippen LogP contribution in [0.2, 0.25) is 0 Å². The van der Waals surface area contributed by atoms with E-state index in [0.717, 1.165) is 23.2 Å². The topological polar surface area (TPSA) is 85.8 Å². The van der Waals surface area contributed by atoms with Crippen LogP contribution in [0.4, 0.5) is 5.69 Å². The highest BCUT2D eigenvalue weighted by molar-refractivity contribution is 5.91. The van der Waals surface area contributed by atoms with Gasteiger partial charge in [0.1, 0.15) is 6.54 Å². The molecule has 6 heteroatoms. The predicted molar refractivity (Wildman–Crippen MR) is 81.8 cm³/mol. The number of hydrogen-bond donors (Lipinski definition) is 2. The molecule has 1 unspecified atom stereocenters. The number of nitrogens with one attached hydrogen (secondary N) is 1. The van der Waals surface area contributed by atoms with Gasteiger partial charge in [-0.05, 0) is 37.5 Å². The summed E-state index contributed by atoms with van der Waals surface area (Å²) >= 11 is 0. The zero-order valence-electron chi connectivity index (χ0n) is 12.6. The number of carbonyl (C=O) groups is 1. The van der Waals surface area contributed by atoms with Crippen molar-refractivity contribution < 1.29 is 4.79 Å². The lowest BCUT2D eigenvalue weighted by atomic mass is 10.1. The number of anilines is 1. The first-order valence-corrected chi connectivity index (χ1v) is 7.03. The van der Waals surface area contributed by atoms with Crippen molar-refractivity contribution in [1.82, 2.24) is 15.0 Å². The van der Waals surface area contributed by atoms with Crippen LogP contribution < -0.4 is 11.1 Å². The maximum Gasteiger partial charge on any atom is 0.246 e. The second kappa shape index (κ2) is 6.49.